The van der Waals surface area contributed by atoms with Gasteiger partial charge in [0.15, 0.2) is 0 Å². The van der Waals surface area contributed by atoms with Crippen LogP contribution in [0.25, 0.3) is 11.1 Å². The van der Waals surface area contributed by atoms with Crippen LogP contribution in [0, 0.1) is 5.82 Å². The average Bonchev–Trinajstić information content (AvgIpc) is 2.38. The summed E-state index contributed by atoms with van der Waals surface area (Å²) in [4.78, 5) is 0. The van der Waals surface area contributed by atoms with Crippen molar-refractivity contribution in [2.24, 2.45) is 0 Å². The predicted octanol–water partition coefficient (Wildman–Crippen LogP) is 5.41. The molecule has 2 rings (SSSR count). The Labute approximate surface area is 116 Å². The van der Waals surface area contributed by atoms with Crippen LogP contribution in [-0.4, -0.2) is 0 Å². The molecule has 0 bridgehead atoms. The summed E-state index contributed by atoms with van der Waals surface area (Å²) >= 11 is 3.18. The van der Waals surface area contributed by atoms with Gasteiger partial charge in [-0.05, 0) is 41.0 Å². The smallest absolute Gasteiger partial charge is 0.207 e. The van der Waals surface area contributed by atoms with Crippen molar-refractivity contribution in [2.75, 3.05) is 0 Å². The molecule has 0 nitrogen and oxygen atoms in total. The molecular formula is C14H9BrF4. The van der Waals surface area contributed by atoms with Crippen LogP contribution < -0.4 is 0 Å². The summed E-state index contributed by atoms with van der Waals surface area (Å²) in [6.07, 6.45) is -4.36. The van der Waals surface area contributed by atoms with Gasteiger partial charge in [-0.1, -0.05) is 34.1 Å². The fourth-order valence-corrected chi connectivity index (χ4v) is 2.26. The van der Waals surface area contributed by atoms with Gasteiger partial charge >= 0.3 is 6.18 Å². The molecule has 0 unspecified atom stereocenters. The minimum Gasteiger partial charge on any atom is -0.207 e. The van der Waals surface area contributed by atoms with Gasteiger partial charge < -0.3 is 0 Å². The molecule has 2 aromatic rings. The fourth-order valence-electron chi connectivity index (χ4n) is 1.79. The first kappa shape index (κ1) is 14.1. The first-order valence-corrected chi connectivity index (χ1v) is 6.56. The van der Waals surface area contributed by atoms with Gasteiger partial charge in [0, 0.05) is 5.33 Å². The van der Waals surface area contributed by atoms with E-state index in [-0.39, 0.29) is 5.82 Å². The van der Waals surface area contributed by atoms with Gasteiger partial charge in [-0.2, -0.15) is 13.2 Å². The minimum absolute atomic E-state index is 0.295. The molecule has 2 aromatic carbocycles. The second-order valence-electron chi connectivity index (χ2n) is 4.01. The Kier molecular flexibility index (Phi) is 3.94. The maximum atomic E-state index is 12.8. The van der Waals surface area contributed by atoms with Crippen LogP contribution in [0.2, 0.25) is 0 Å². The lowest BCUT2D eigenvalue weighted by molar-refractivity contribution is -0.137. The highest BCUT2D eigenvalue weighted by atomic mass is 79.9. The van der Waals surface area contributed by atoms with Crippen molar-refractivity contribution < 1.29 is 17.6 Å². The molecule has 0 aliphatic rings. The lowest BCUT2D eigenvalue weighted by Gasteiger charge is -2.12. The number of alkyl halides is 4. The molecule has 0 heterocycles. The van der Waals surface area contributed by atoms with Gasteiger partial charge in [-0.15, -0.1) is 0 Å². The summed E-state index contributed by atoms with van der Waals surface area (Å²) in [6.45, 7) is 0. The average molecular weight is 333 g/mol. The second-order valence-corrected chi connectivity index (χ2v) is 4.57. The van der Waals surface area contributed by atoms with E-state index in [0.717, 1.165) is 12.1 Å². The van der Waals surface area contributed by atoms with Crippen molar-refractivity contribution in [1.82, 2.24) is 0 Å². The quantitative estimate of drug-likeness (QED) is 0.509. The Morgan fingerprint density at radius 3 is 2.11 bits per heavy atom. The van der Waals surface area contributed by atoms with E-state index in [1.807, 2.05) is 0 Å². The van der Waals surface area contributed by atoms with Crippen LogP contribution in [0.4, 0.5) is 17.6 Å². The van der Waals surface area contributed by atoms with E-state index in [4.69, 9.17) is 0 Å². The largest absolute Gasteiger partial charge is 0.416 e. The molecule has 0 spiro atoms. The first-order valence-electron chi connectivity index (χ1n) is 5.44. The zero-order chi connectivity index (χ0) is 14.0. The Hall–Kier alpha value is -1.36. The van der Waals surface area contributed by atoms with Gasteiger partial charge in [0.2, 0.25) is 0 Å². The first-order chi connectivity index (χ1) is 8.91. The van der Waals surface area contributed by atoms with Crippen LogP contribution in [0.5, 0.6) is 0 Å². The van der Waals surface area contributed by atoms with Crippen LogP contribution in [0.1, 0.15) is 11.1 Å². The highest BCUT2D eigenvalue weighted by Crippen LogP contribution is 2.34. The molecule has 0 radical (unpaired) electrons. The third-order valence-electron chi connectivity index (χ3n) is 2.73. The van der Waals surface area contributed by atoms with E-state index in [1.165, 1.54) is 18.2 Å². The van der Waals surface area contributed by atoms with Crippen LogP contribution >= 0.6 is 15.9 Å². The normalized spacial score (nSPS) is 11.6. The maximum Gasteiger partial charge on any atom is 0.416 e. The number of hydrogen-bond acceptors (Lipinski definition) is 0. The molecular weight excluding hydrogens is 324 g/mol. The van der Waals surface area contributed by atoms with Crippen molar-refractivity contribution >= 4 is 15.9 Å². The molecule has 0 amide bonds. The van der Waals surface area contributed by atoms with Crippen molar-refractivity contribution in [3.8, 4) is 11.1 Å². The zero-order valence-corrected chi connectivity index (χ0v) is 11.2. The lowest BCUT2D eigenvalue weighted by atomic mass is 9.98. The molecule has 0 aliphatic heterocycles. The van der Waals surface area contributed by atoms with Crippen LogP contribution in [-0.2, 0) is 11.5 Å². The molecule has 100 valence electrons. The van der Waals surface area contributed by atoms with Gasteiger partial charge in [0.25, 0.3) is 0 Å². The summed E-state index contributed by atoms with van der Waals surface area (Å²) in [5.41, 5.74) is 1.17. The van der Waals surface area contributed by atoms with E-state index >= 15 is 0 Å². The topological polar surface area (TPSA) is 0 Å². The lowest BCUT2D eigenvalue weighted by Crippen LogP contribution is -2.05. The number of benzene rings is 2. The Bertz CT molecular complexity index is 573. The summed E-state index contributed by atoms with van der Waals surface area (Å²) in [6, 6.07) is 9.20. The van der Waals surface area contributed by atoms with Gasteiger partial charge in [0.1, 0.15) is 5.82 Å². The van der Waals surface area contributed by atoms with Gasteiger partial charge in [0.05, 0.1) is 5.56 Å². The molecule has 19 heavy (non-hydrogen) atoms. The summed E-state index contributed by atoms with van der Waals surface area (Å²) in [7, 11) is 0. The molecule has 5 heteroatoms. The molecule has 0 saturated heterocycles. The molecule has 0 atom stereocenters. The van der Waals surface area contributed by atoms with E-state index in [2.05, 4.69) is 15.9 Å². The van der Waals surface area contributed by atoms with E-state index in [9.17, 15) is 17.6 Å². The molecule has 0 fully saturated rings. The van der Waals surface area contributed by atoms with E-state index in [0.29, 0.717) is 22.0 Å². The Morgan fingerprint density at radius 2 is 1.58 bits per heavy atom. The second kappa shape index (κ2) is 5.33. The van der Waals surface area contributed by atoms with Crippen molar-refractivity contribution in [3.63, 3.8) is 0 Å². The minimum atomic E-state index is -4.36. The van der Waals surface area contributed by atoms with Crippen molar-refractivity contribution in [1.29, 1.82) is 0 Å². The maximum absolute atomic E-state index is 12.8. The summed E-state index contributed by atoms with van der Waals surface area (Å²) in [5.74, 6) is -0.379. The number of rotatable bonds is 2. The van der Waals surface area contributed by atoms with Crippen LogP contribution in [0.15, 0.2) is 42.5 Å². The molecule has 0 N–H and O–H groups in total. The number of halogens is 5. The summed E-state index contributed by atoms with van der Waals surface area (Å²) < 4.78 is 50.7. The standard InChI is InChI=1S/C14H9BrF4/c15-8-10-7-11(14(17,18)19)3-6-13(10)9-1-4-12(16)5-2-9/h1-7H,8H2. The molecule has 0 aliphatic carbocycles. The van der Waals surface area contributed by atoms with E-state index < -0.39 is 11.7 Å². The highest BCUT2D eigenvalue weighted by molar-refractivity contribution is 9.08. The van der Waals surface area contributed by atoms with Gasteiger partial charge in [-0.3, -0.25) is 0 Å². The Balaban J connectivity index is 2.50. The molecule has 0 aromatic heterocycles. The SMILES string of the molecule is Fc1ccc(-c2ccc(C(F)(F)F)cc2CBr)cc1. The van der Waals surface area contributed by atoms with Crippen molar-refractivity contribution in [3.05, 3.63) is 59.4 Å². The third-order valence-corrected chi connectivity index (χ3v) is 3.34. The van der Waals surface area contributed by atoms with Gasteiger partial charge in [-0.25, -0.2) is 4.39 Å². The highest BCUT2D eigenvalue weighted by Gasteiger charge is 2.30. The van der Waals surface area contributed by atoms with Crippen LogP contribution in [0.3, 0.4) is 0 Å². The third kappa shape index (κ3) is 3.15. The monoisotopic (exact) mass is 332 g/mol. The van der Waals surface area contributed by atoms with E-state index in [1.54, 1.807) is 12.1 Å². The zero-order valence-electron chi connectivity index (χ0n) is 9.64. The fraction of sp³-hybridized carbons (Fsp3) is 0.143. The molecule has 0 saturated carbocycles. The Morgan fingerprint density at radius 1 is 0.947 bits per heavy atom. The number of hydrogen-bond donors (Lipinski definition) is 0. The predicted molar refractivity (Wildman–Crippen MR) is 69.5 cm³/mol. The van der Waals surface area contributed by atoms with Crippen molar-refractivity contribution in [2.45, 2.75) is 11.5 Å². The summed E-state index contributed by atoms with van der Waals surface area (Å²) in [5, 5.41) is 0.295.